The lowest BCUT2D eigenvalue weighted by atomic mass is 10.1. The molecule has 0 spiro atoms. The van der Waals surface area contributed by atoms with Gasteiger partial charge in [0.2, 0.25) is 0 Å². The van der Waals surface area contributed by atoms with Gasteiger partial charge < -0.3 is 10.4 Å². The molecule has 0 bridgehead atoms. The van der Waals surface area contributed by atoms with E-state index in [4.69, 9.17) is 9.66 Å². The molecule has 0 aromatic carbocycles. The fourth-order valence-electron chi connectivity index (χ4n) is 1.56. The van der Waals surface area contributed by atoms with E-state index in [1.165, 1.54) is 0 Å². The summed E-state index contributed by atoms with van der Waals surface area (Å²) in [7, 11) is -3.89. The Labute approximate surface area is 83.7 Å². The highest BCUT2D eigenvalue weighted by atomic mass is 32.2. The topological polar surface area (TPSA) is 89.9 Å². The highest BCUT2D eigenvalue weighted by molar-refractivity contribution is 7.85. The summed E-state index contributed by atoms with van der Waals surface area (Å²) in [5.74, 6) is -0.254. The Morgan fingerprint density at radius 1 is 1.50 bits per heavy atom. The van der Waals surface area contributed by atoms with Crippen molar-refractivity contribution in [3.63, 3.8) is 0 Å². The van der Waals surface area contributed by atoms with Crippen molar-refractivity contribution in [2.24, 2.45) is 0 Å². The molecule has 1 saturated heterocycles. The average molecular weight is 224 g/mol. The number of nitrogens with zero attached hydrogens (tertiary/aromatic N) is 1. The van der Waals surface area contributed by atoms with Crippen molar-refractivity contribution in [2.45, 2.75) is 12.5 Å². The normalized spacial score (nSPS) is 25.1. The molecule has 1 rings (SSSR count). The number of hydrogen-bond donors (Lipinski definition) is 3. The number of hydrogen-bond acceptors (Lipinski definition) is 5. The first-order chi connectivity index (χ1) is 6.53. The molecule has 7 heteroatoms. The molecular weight excluding hydrogens is 208 g/mol. The molecule has 0 saturated carbocycles. The van der Waals surface area contributed by atoms with E-state index in [1.54, 1.807) is 4.90 Å². The van der Waals surface area contributed by atoms with Crippen molar-refractivity contribution in [2.75, 3.05) is 32.1 Å². The fourth-order valence-corrected chi connectivity index (χ4v) is 2.13. The summed E-state index contributed by atoms with van der Waals surface area (Å²) in [5, 5.41) is 12.1. The van der Waals surface area contributed by atoms with E-state index < -0.39 is 10.1 Å². The summed E-state index contributed by atoms with van der Waals surface area (Å²) in [6, 6.07) is -0.0179. The molecule has 1 heterocycles. The number of aliphatic hydroxyl groups excluding tert-OH is 1. The SMILES string of the molecule is O=S(=O)(O)CCC1CNCCN1CO. The second kappa shape index (κ2) is 5.04. The Kier molecular flexibility index (Phi) is 4.27. The number of piperazine rings is 1. The molecule has 0 amide bonds. The van der Waals surface area contributed by atoms with Crippen LogP contribution in [0.25, 0.3) is 0 Å². The zero-order valence-electron chi connectivity index (χ0n) is 7.89. The first kappa shape index (κ1) is 11.9. The largest absolute Gasteiger partial charge is 0.381 e. The Bertz CT molecular complexity index is 267. The molecule has 1 aliphatic heterocycles. The second-order valence-electron chi connectivity index (χ2n) is 3.39. The summed E-state index contributed by atoms with van der Waals surface area (Å²) in [6.45, 7) is 2.07. The zero-order chi connectivity index (χ0) is 10.6. The van der Waals surface area contributed by atoms with E-state index in [-0.39, 0.29) is 18.5 Å². The average Bonchev–Trinajstić information content (AvgIpc) is 2.14. The second-order valence-corrected chi connectivity index (χ2v) is 4.96. The maximum absolute atomic E-state index is 10.5. The minimum absolute atomic E-state index is 0.0179. The monoisotopic (exact) mass is 224 g/mol. The number of rotatable bonds is 4. The minimum atomic E-state index is -3.89. The van der Waals surface area contributed by atoms with Crippen LogP contribution in [0.4, 0.5) is 0 Å². The molecule has 3 N–H and O–H groups in total. The smallest absolute Gasteiger partial charge is 0.264 e. The highest BCUT2D eigenvalue weighted by Crippen LogP contribution is 2.07. The van der Waals surface area contributed by atoms with Crippen molar-refractivity contribution in [1.29, 1.82) is 0 Å². The van der Waals surface area contributed by atoms with Gasteiger partial charge in [-0.15, -0.1) is 0 Å². The van der Waals surface area contributed by atoms with Crippen molar-refractivity contribution >= 4 is 10.1 Å². The summed E-state index contributed by atoms with van der Waals surface area (Å²) in [4.78, 5) is 1.79. The molecular formula is C7H16N2O4S. The van der Waals surface area contributed by atoms with Gasteiger partial charge in [-0.05, 0) is 6.42 Å². The van der Waals surface area contributed by atoms with E-state index >= 15 is 0 Å². The maximum Gasteiger partial charge on any atom is 0.264 e. The van der Waals surface area contributed by atoms with Crippen molar-refractivity contribution < 1.29 is 18.1 Å². The van der Waals surface area contributed by atoms with Gasteiger partial charge in [-0.1, -0.05) is 0 Å². The quantitative estimate of drug-likeness (QED) is 0.503. The lowest BCUT2D eigenvalue weighted by Gasteiger charge is -2.34. The fraction of sp³-hybridized carbons (Fsp3) is 1.00. The summed E-state index contributed by atoms with van der Waals surface area (Å²) >= 11 is 0. The van der Waals surface area contributed by atoms with Gasteiger partial charge in [0.25, 0.3) is 10.1 Å². The van der Waals surface area contributed by atoms with Gasteiger partial charge in [-0.2, -0.15) is 8.42 Å². The first-order valence-electron chi connectivity index (χ1n) is 4.54. The van der Waals surface area contributed by atoms with Crippen molar-refractivity contribution in [3.8, 4) is 0 Å². The van der Waals surface area contributed by atoms with Crippen LogP contribution < -0.4 is 5.32 Å². The summed E-state index contributed by atoms with van der Waals surface area (Å²) in [6.07, 6.45) is 0.340. The Hall–Kier alpha value is -0.210. The minimum Gasteiger partial charge on any atom is -0.381 e. The molecule has 84 valence electrons. The lowest BCUT2D eigenvalue weighted by molar-refractivity contribution is 0.0506. The van der Waals surface area contributed by atoms with E-state index in [0.29, 0.717) is 19.5 Å². The molecule has 14 heavy (non-hydrogen) atoms. The molecule has 1 aliphatic rings. The summed E-state index contributed by atoms with van der Waals surface area (Å²) < 4.78 is 29.6. The van der Waals surface area contributed by atoms with Gasteiger partial charge in [-0.3, -0.25) is 9.45 Å². The molecule has 0 aromatic heterocycles. The first-order valence-corrected chi connectivity index (χ1v) is 6.14. The van der Waals surface area contributed by atoms with Gasteiger partial charge in [0, 0.05) is 25.7 Å². The highest BCUT2D eigenvalue weighted by Gasteiger charge is 2.22. The Balaban J connectivity index is 2.41. The van der Waals surface area contributed by atoms with E-state index in [2.05, 4.69) is 5.32 Å². The van der Waals surface area contributed by atoms with Crippen LogP contribution in [-0.2, 0) is 10.1 Å². The van der Waals surface area contributed by atoms with Crippen LogP contribution in [0.3, 0.4) is 0 Å². The predicted octanol–water partition coefficient (Wildman–Crippen LogP) is -1.51. The molecule has 1 fully saturated rings. The predicted molar refractivity (Wildman–Crippen MR) is 51.5 cm³/mol. The van der Waals surface area contributed by atoms with Crippen LogP contribution in [-0.4, -0.2) is 61.1 Å². The maximum atomic E-state index is 10.5. The molecule has 1 unspecified atom stereocenters. The van der Waals surface area contributed by atoms with Crippen molar-refractivity contribution in [1.82, 2.24) is 10.2 Å². The van der Waals surface area contributed by atoms with Gasteiger partial charge in [0.1, 0.15) is 0 Å². The molecule has 1 atom stereocenters. The third-order valence-electron chi connectivity index (χ3n) is 2.36. The van der Waals surface area contributed by atoms with Crippen LogP contribution in [0.1, 0.15) is 6.42 Å². The van der Waals surface area contributed by atoms with Crippen LogP contribution in [0, 0.1) is 0 Å². The zero-order valence-corrected chi connectivity index (χ0v) is 8.70. The van der Waals surface area contributed by atoms with Crippen LogP contribution in [0.2, 0.25) is 0 Å². The molecule has 0 radical (unpaired) electrons. The lowest BCUT2D eigenvalue weighted by Crippen LogP contribution is -2.51. The molecule has 6 nitrogen and oxygen atoms in total. The Morgan fingerprint density at radius 3 is 2.79 bits per heavy atom. The standard InChI is InChI=1S/C7H16N2O4S/c10-6-9-3-2-8-5-7(9)1-4-14(11,12)13/h7-8,10H,1-6H2,(H,11,12,13). The third-order valence-corrected chi connectivity index (χ3v) is 3.11. The van der Waals surface area contributed by atoms with E-state index in [9.17, 15) is 8.42 Å². The van der Waals surface area contributed by atoms with E-state index in [0.717, 1.165) is 6.54 Å². The number of nitrogens with one attached hydrogen (secondary N) is 1. The van der Waals surface area contributed by atoms with Gasteiger partial charge in [0.15, 0.2) is 0 Å². The van der Waals surface area contributed by atoms with Gasteiger partial charge in [-0.25, -0.2) is 0 Å². The van der Waals surface area contributed by atoms with E-state index in [1.807, 2.05) is 0 Å². The van der Waals surface area contributed by atoms with Gasteiger partial charge >= 0.3 is 0 Å². The van der Waals surface area contributed by atoms with Crippen LogP contribution >= 0.6 is 0 Å². The van der Waals surface area contributed by atoms with Crippen molar-refractivity contribution in [3.05, 3.63) is 0 Å². The van der Waals surface area contributed by atoms with Gasteiger partial charge in [0.05, 0.1) is 12.5 Å². The molecule has 0 aromatic rings. The molecule has 0 aliphatic carbocycles. The summed E-state index contributed by atoms with van der Waals surface area (Å²) in [5.41, 5.74) is 0. The Morgan fingerprint density at radius 2 is 2.21 bits per heavy atom. The van der Waals surface area contributed by atoms with Crippen LogP contribution in [0.5, 0.6) is 0 Å². The third kappa shape index (κ3) is 3.89. The number of aliphatic hydroxyl groups is 1. The van der Waals surface area contributed by atoms with Crippen LogP contribution in [0.15, 0.2) is 0 Å².